The zero-order valence-corrected chi connectivity index (χ0v) is 9.22. The third-order valence-corrected chi connectivity index (χ3v) is 2.80. The van der Waals surface area contributed by atoms with Gasteiger partial charge in [0.2, 0.25) is 5.91 Å². The van der Waals surface area contributed by atoms with Crippen molar-refractivity contribution >= 4 is 5.91 Å². The Hall–Kier alpha value is -1.40. The van der Waals surface area contributed by atoms with Crippen molar-refractivity contribution in [3.63, 3.8) is 0 Å². The molecule has 0 atom stereocenters. The first-order valence-corrected chi connectivity index (χ1v) is 5.45. The maximum atomic E-state index is 10.8. The summed E-state index contributed by atoms with van der Waals surface area (Å²) in [5.41, 5.74) is 6.29. The van der Waals surface area contributed by atoms with Crippen molar-refractivity contribution in [1.29, 1.82) is 0 Å². The summed E-state index contributed by atoms with van der Waals surface area (Å²) in [4.78, 5) is 15.2. The molecule has 2 heterocycles. The highest BCUT2D eigenvalue weighted by atomic mass is 16.1. The summed E-state index contributed by atoms with van der Waals surface area (Å²) in [5.74, 6) is -0.248. The van der Waals surface area contributed by atoms with Gasteiger partial charge in [0.25, 0.3) is 0 Å². The number of nitrogens with two attached hydrogens (primary N) is 1. The van der Waals surface area contributed by atoms with Gasteiger partial charge in [0.05, 0.1) is 6.54 Å². The molecule has 0 unspecified atom stereocenters. The number of nitrogens with one attached hydrogen (secondary N) is 1. The first-order valence-electron chi connectivity index (χ1n) is 5.45. The van der Waals surface area contributed by atoms with Crippen molar-refractivity contribution in [1.82, 2.24) is 20.0 Å². The number of rotatable bonds is 4. The third-order valence-electron chi connectivity index (χ3n) is 2.80. The Bertz CT molecular complexity index is 329. The summed E-state index contributed by atoms with van der Waals surface area (Å²) in [5, 5.41) is 6.87. The number of hydrogen-bond donors (Lipinski definition) is 2. The number of aromatic amines is 1. The van der Waals surface area contributed by atoms with Crippen molar-refractivity contribution in [2.45, 2.75) is 6.54 Å². The number of primary amides is 1. The molecule has 16 heavy (non-hydrogen) atoms. The molecule has 88 valence electrons. The first-order chi connectivity index (χ1) is 7.74. The second kappa shape index (κ2) is 5.09. The molecule has 3 N–H and O–H groups in total. The fraction of sp³-hybridized carbons (Fsp3) is 0.600. The van der Waals surface area contributed by atoms with Gasteiger partial charge in [-0.15, -0.1) is 0 Å². The van der Waals surface area contributed by atoms with E-state index in [1.54, 1.807) is 6.20 Å². The Kier molecular flexibility index (Phi) is 3.53. The van der Waals surface area contributed by atoms with Crippen molar-refractivity contribution in [3.05, 3.63) is 18.0 Å². The molecule has 1 aliphatic heterocycles. The van der Waals surface area contributed by atoms with E-state index in [0.717, 1.165) is 38.4 Å². The van der Waals surface area contributed by atoms with Gasteiger partial charge in [0, 0.05) is 44.6 Å². The van der Waals surface area contributed by atoms with Gasteiger partial charge in [0.15, 0.2) is 0 Å². The summed E-state index contributed by atoms with van der Waals surface area (Å²) < 4.78 is 0. The molecule has 1 aliphatic rings. The normalized spacial score (nSPS) is 18.8. The van der Waals surface area contributed by atoms with Crippen LogP contribution < -0.4 is 5.73 Å². The van der Waals surface area contributed by atoms with E-state index in [2.05, 4.69) is 20.0 Å². The summed E-state index contributed by atoms with van der Waals surface area (Å²) in [6.45, 7) is 5.00. The summed E-state index contributed by atoms with van der Waals surface area (Å²) >= 11 is 0. The molecule has 0 bridgehead atoms. The van der Waals surface area contributed by atoms with Gasteiger partial charge in [-0.3, -0.25) is 19.7 Å². The number of nitrogens with zero attached hydrogens (tertiary/aromatic N) is 3. The summed E-state index contributed by atoms with van der Waals surface area (Å²) in [6, 6.07) is 1.98. The molecular weight excluding hydrogens is 206 g/mol. The number of piperazine rings is 1. The van der Waals surface area contributed by atoms with E-state index in [0.29, 0.717) is 6.54 Å². The highest BCUT2D eigenvalue weighted by Gasteiger charge is 2.18. The Morgan fingerprint density at radius 1 is 1.38 bits per heavy atom. The number of H-pyrrole nitrogens is 1. The van der Waals surface area contributed by atoms with Gasteiger partial charge in [-0.05, 0) is 6.07 Å². The van der Waals surface area contributed by atoms with E-state index >= 15 is 0 Å². The van der Waals surface area contributed by atoms with Crippen LogP contribution in [-0.4, -0.2) is 58.6 Å². The molecule has 1 aromatic heterocycles. The molecule has 6 heteroatoms. The van der Waals surface area contributed by atoms with Crippen LogP contribution in [0.1, 0.15) is 5.69 Å². The Labute approximate surface area is 94.4 Å². The number of carbonyl (C=O) groups is 1. The van der Waals surface area contributed by atoms with Gasteiger partial charge in [-0.25, -0.2) is 0 Å². The van der Waals surface area contributed by atoms with Crippen LogP contribution in [0.3, 0.4) is 0 Å². The Morgan fingerprint density at radius 2 is 2.06 bits per heavy atom. The van der Waals surface area contributed by atoms with Crippen LogP contribution in [0, 0.1) is 0 Å². The highest BCUT2D eigenvalue weighted by Crippen LogP contribution is 2.05. The van der Waals surface area contributed by atoms with Crippen molar-refractivity contribution in [2.24, 2.45) is 5.73 Å². The highest BCUT2D eigenvalue weighted by molar-refractivity contribution is 5.75. The SMILES string of the molecule is NC(=O)CN1CCN(Cc2ccn[nH]2)CC1. The fourth-order valence-corrected chi connectivity index (χ4v) is 1.94. The molecule has 1 fully saturated rings. The number of hydrogen-bond acceptors (Lipinski definition) is 4. The molecule has 0 saturated carbocycles. The first kappa shape index (κ1) is 11.1. The smallest absolute Gasteiger partial charge is 0.231 e. The largest absolute Gasteiger partial charge is 0.369 e. The minimum absolute atomic E-state index is 0.248. The average molecular weight is 223 g/mol. The van der Waals surface area contributed by atoms with Crippen LogP contribution in [0.2, 0.25) is 0 Å². The minimum Gasteiger partial charge on any atom is -0.369 e. The van der Waals surface area contributed by atoms with Crippen molar-refractivity contribution < 1.29 is 4.79 Å². The number of aromatic nitrogens is 2. The lowest BCUT2D eigenvalue weighted by Gasteiger charge is -2.33. The van der Waals surface area contributed by atoms with Crippen LogP contribution in [0.4, 0.5) is 0 Å². The van der Waals surface area contributed by atoms with Crippen LogP contribution in [0.15, 0.2) is 12.3 Å². The summed E-state index contributed by atoms with van der Waals surface area (Å²) in [6.07, 6.45) is 1.76. The molecule has 1 aromatic rings. The quantitative estimate of drug-likeness (QED) is 0.687. The van der Waals surface area contributed by atoms with E-state index in [9.17, 15) is 4.79 Å². The van der Waals surface area contributed by atoms with Gasteiger partial charge < -0.3 is 5.73 Å². The van der Waals surface area contributed by atoms with E-state index in [1.165, 1.54) is 0 Å². The topological polar surface area (TPSA) is 78.2 Å². The average Bonchev–Trinajstić information content (AvgIpc) is 2.73. The Morgan fingerprint density at radius 3 is 2.62 bits per heavy atom. The molecule has 1 saturated heterocycles. The number of carbonyl (C=O) groups excluding carboxylic acids is 1. The molecule has 0 spiro atoms. The number of amides is 1. The molecule has 6 nitrogen and oxygen atoms in total. The zero-order chi connectivity index (χ0) is 11.4. The molecular formula is C10H17N5O. The lowest BCUT2D eigenvalue weighted by atomic mass is 10.3. The van der Waals surface area contributed by atoms with E-state index in [-0.39, 0.29) is 5.91 Å². The molecule has 0 aromatic carbocycles. The minimum atomic E-state index is -0.248. The van der Waals surface area contributed by atoms with Crippen LogP contribution >= 0.6 is 0 Å². The molecule has 0 radical (unpaired) electrons. The molecule has 0 aliphatic carbocycles. The molecule has 2 rings (SSSR count). The second-order valence-corrected chi connectivity index (χ2v) is 4.10. The predicted octanol–water partition coefficient (Wildman–Crippen LogP) is -0.987. The third kappa shape index (κ3) is 3.04. The van der Waals surface area contributed by atoms with Crippen molar-refractivity contribution in [2.75, 3.05) is 32.7 Å². The van der Waals surface area contributed by atoms with Crippen molar-refractivity contribution in [3.8, 4) is 0 Å². The van der Waals surface area contributed by atoms with E-state index in [1.807, 2.05) is 6.07 Å². The standard InChI is InChI=1S/C10H17N5O/c11-10(16)8-15-5-3-14(4-6-15)7-9-1-2-12-13-9/h1-2H,3-8H2,(H2,11,16)(H,12,13). The van der Waals surface area contributed by atoms with Gasteiger partial charge in [-0.1, -0.05) is 0 Å². The second-order valence-electron chi connectivity index (χ2n) is 4.10. The van der Waals surface area contributed by atoms with Crippen LogP contribution in [0.5, 0.6) is 0 Å². The van der Waals surface area contributed by atoms with E-state index < -0.39 is 0 Å². The van der Waals surface area contributed by atoms with E-state index in [4.69, 9.17) is 5.73 Å². The fourth-order valence-electron chi connectivity index (χ4n) is 1.94. The van der Waals surface area contributed by atoms with Crippen LogP contribution in [-0.2, 0) is 11.3 Å². The predicted molar refractivity (Wildman–Crippen MR) is 59.5 cm³/mol. The van der Waals surface area contributed by atoms with Gasteiger partial charge >= 0.3 is 0 Å². The summed E-state index contributed by atoms with van der Waals surface area (Å²) in [7, 11) is 0. The lowest BCUT2D eigenvalue weighted by molar-refractivity contribution is -0.119. The monoisotopic (exact) mass is 223 g/mol. The molecule has 1 amide bonds. The Balaban J connectivity index is 1.75. The zero-order valence-electron chi connectivity index (χ0n) is 9.22. The maximum Gasteiger partial charge on any atom is 0.231 e. The van der Waals surface area contributed by atoms with Crippen LogP contribution in [0.25, 0.3) is 0 Å². The lowest BCUT2D eigenvalue weighted by Crippen LogP contribution is -2.48. The van der Waals surface area contributed by atoms with Gasteiger partial charge in [-0.2, -0.15) is 5.10 Å². The van der Waals surface area contributed by atoms with Gasteiger partial charge in [0.1, 0.15) is 0 Å². The maximum absolute atomic E-state index is 10.8.